The molecule has 2 aliphatic carbocycles. The molecule has 3 atom stereocenters. The van der Waals surface area contributed by atoms with E-state index in [0.717, 1.165) is 37.8 Å². The van der Waals surface area contributed by atoms with Crippen LogP contribution in [0.25, 0.3) is 0 Å². The third-order valence-electron chi connectivity index (χ3n) is 6.55. The standard InChI is InChI=1S/C21H27N3O2S.HI/c1-4-15(25-11-1)6-10-22-20(23-14-16-5-2-13-27-16)24-18-17-7-12-26-19(17)21(18)8-3-9-21;/h1-2,4-5,11,13,17-19H,3,6-10,12,14H2,(H2,22,23,24);1H. The Morgan fingerprint density at radius 1 is 1.29 bits per heavy atom. The highest BCUT2D eigenvalue weighted by Gasteiger charge is 2.66. The lowest BCUT2D eigenvalue weighted by atomic mass is 9.46. The Balaban J connectivity index is 0.00000192. The molecule has 0 amide bonds. The van der Waals surface area contributed by atoms with Crippen LogP contribution in [-0.2, 0) is 17.7 Å². The van der Waals surface area contributed by atoms with Crippen LogP contribution in [0.1, 0.15) is 36.3 Å². The number of nitrogens with one attached hydrogen (secondary N) is 2. The first-order chi connectivity index (χ1) is 13.4. The van der Waals surface area contributed by atoms with Gasteiger partial charge in [-0.25, -0.2) is 4.99 Å². The molecule has 0 radical (unpaired) electrons. The van der Waals surface area contributed by atoms with Crippen LogP contribution < -0.4 is 10.6 Å². The SMILES string of the molecule is I.c1coc(CCNC(=NCc2cccs2)NC2C3CCOC3C23CCC3)c1. The number of halogens is 1. The van der Waals surface area contributed by atoms with Crippen molar-refractivity contribution in [3.63, 3.8) is 0 Å². The van der Waals surface area contributed by atoms with Gasteiger partial charge in [-0.1, -0.05) is 12.5 Å². The number of ether oxygens (including phenoxy) is 1. The molecule has 28 heavy (non-hydrogen) atoms. The zero-order valence-electron chi connectivity index (χ0n) is 15.9. The average molecular weight is 513 g/mol. The van der Waals surface area contributed by atoms with E-state index >= 15 is 0 Å². The zero-order valence-corrected chi connectivity index (χ0v) is 19.1. The molecule has 1 saturated heterocycles. The van der Waals surface area contributed by atoms with Crippen LogP contribution in [-0.4, -0.2) is 31.3 Å². The number of nitrogens with zero attached hydrogens (tertiary/aromatic N) is 1. The first kappa shape index (κ1) is 20.2. The highest BCUT2D eigenvalue weighted by atomic mass is 127. The summed E-state index contributed by atoms with van der Waals surface area (Å²) in [5.41, 5.74) is 0.355. The van der Waals surface area contributed by atoms with Gasteiger partial charge in [0.05, 0.1) is 18.9 Å². The summed E-state index contributed by atoms with van der Waals surface area (Å²) in [7, 11) is 0. The van der Waals surface area contributed by atoms with E-state index in [0.29, 0.717) is 23.5 Å². The first-order valence-electron chi connectivity index (χ1n) is 10.1. The quantitative estimate of drug-likeness (QED) is 0.346. The molecule has 3 fully saturated rings. The molecule has 2 aromatic rings. The smallest absolute Gasteiger partial charge is 0.191 e. The molecule has 0 aromatic carbocycles. The molecule has 2 N–H and O–H groups in total. The maximum Gasteiger partial charge on any atom is 0.191 e. The Kier molecular flexibility index (Phi) is 6.32. The minimum Gasteiger partial charge on any atom is -0.469 e. The minimum absolute atomic E-state index is 0. The van der Waals surface area contributed by atoms with Gasteiger partial charge in [-0.3, -0.25) is 0 Å². The second-order valence-electron chi connectivity index (χ2n) is 7.95. The zero-order chi connectivity index (χ0) is 18.1. The van der Waals surface area contributed by atoms with Crippen molar-refractivity contribution in [3.05, 3.63) is 46.5 Å². The summed E-state index contributed by atoms with van der Waals surface area (Å²) in [5.74, 6) is 2.57. The molecular weight excluding hydrogens is 485 g/mol. The van der Waals surface area contributed by atoms with E-state index in [9.17, 15) is 0 Å². The van der Waals surface area contributed by atoms with Crippen molar-refractivity contribution < 1.29 is 9.15 Å². The molecule has 5 nitrogen and oxygen atoms in total. The first-order valence-corrected chi connectivity index (χ1v) is 10.9. The number of rotatable bonds is 6. The summed E-state index contributed by atoms with van der Waals surface area (Å²) in [6, 6.07) is 8.69. The number of guanidine groups is 1. The minimum atomic E-state index is 0. The van der Waals surface area contributed by atoms with Crippen molar-refractivity contribution in [2.24, 2.45) is 16.3 Å². The summed E-state index contributed by atoms with van der Waals surface area (Å²) < 4.78 is 11.5. The van der Waals surface area contributed by atoms with Crippen molar-refractivity contribution in [1.82, 2.24) is 10.6 Å². The van der Waals surface area contributed by atoms with Gasteiger partial charge in [0.1, 0.15) is 5.76 Å². The molecule has 3 heterocycles. The maximum absolute atomic E-state index is 6.06. The van der Waals surface area contributed by atoms with Crippen LogP contribution in [0.2, 0.25) is 0 Å². The third-order valence-corrected chi connectivity index (χ3v) is 7.41. The van der Waals surface area contributed by atoms with Crippen molar-refractivity contribution >= 4 is 41.3 Å². The van der Waals surface area contributed by atoms with Crippen LogP contribution in [0.5, 0.6) is 0 Å². The van der Waals surface area contributed by atoms with Gasteiger partial charge in [0.15, 0.2) is 5.96 Å². The Morgan fingerprint density at radius 3 is 2.93 bits per heavy atom. The molecule has 0 bridgehead atoms. The molecule has 3 unspecified atom stereocenters. The van der Waals surface area contributed by atoms with Gasteiger partial charge in [0.25, 0.3) is 0 Å². The van der Waals surface area contributed by atoms with E-state index in [4.69, 9.17) is 14.1 Å². The lowest BCUT2D eigenvalue weighted by molar-refractivity contribution is -0.171. The summed E-state index contributed by atoms with van der Waals surface area (Å²) >= 11 is 1.76. The van der Waals surface area contributed by atoms with E-state index in [1.54, 1.807) is 17.6 Å². The molecule has 152 valence electrons. The Hall–Kier alpha value is -1.06. The average Bonchev–Trinajstić information content (AvgIpc) is 3.37. The second-order valence-corrected chi connectivity index (χ2v) is 8.99. The highest BCUT2D eigenvalue weighted by Crippen LogP contribution is 2.62. The van der Waals surface area contributed by atoms with E-state index in [-0.39, 0.29) is 24.0 Å². The fourth-order valence-corrected chi connectivity index (χ4v) is 5.70. The maximum atomic E-state index is 6.06. The van der Waals surface area contributed by atoms with Crippen LogP contribution in [0, 0.1) is 11.3 Å². The Morgan fingerprint density at radius 2 is 2.21 bits per heavy atom. The van der Waals surface area contributed by atoms with Crippen LogP contribution in [0.15, 0.2) is 45.3 Å². The van der Waals surface area contributed by atoms with Crippen molar-refractivity contribution in [3.8, 4) is 0 Å². The van der Waals surface area contributed by atoms with E-state index < -0.39 is 0 Å². The number of hydrogen-bond acceptors (Lipinski definition) is 4. The number of hydrogen-bond donors (Lipinski definition) is 2. The van der Waals surface area contributed by atoms with Crippen molar-refractivity contribution in [1.29, 1.82) is 0 Å². The Labute approximate surface area is 187 Å². The molecule has 1 spiro atoms. The van der Waals surface area contributed by atoms with E-state index in [2.05, 4.69) is 28.1 Å². The third kappa shape index (κ3) is 3.73. The topological polar surface area (TPSA) is 58.8 Å². The molecule has 1 aliphatic heterocycles. The summed E-state index contributed by atoms with van der Waals surface area (Å²) in [6.07, 6.45) is 8.15. The predicted molar refractivity (Wildman–Crippen MR) is 122 cm³/mol. The fraction of sp³-hybridized carbons (Fsp3) is 0.571. The summed E-state index contributed by atoms with van der Waals surface area (Å²) in [5, 5.41) is 9.43. The largest absolute Gasteiger partial charge is 0.469 e. The van der Waals surface area contributed by atoms with Gasteiger partial charge >= 0.3 is 0 Å². The van der Waals surface area contributed by atoms with Crippen molar-refractivity contribution in [2.75, 3.05) is 13.2 Å². The summed E-state index contributed by atoms with van der Waals surface area (Å²) in [4.78, 5) is 6.17. The lowest BCUT2D eigenvalue weighted by Gasteiger charge is -2.63. The monoisotopic (exact) mass is 513 g/mol. The molecule has 3 aliphatic rings. The lowest BCUT2D eigenvalue weighted by Crippen LogP contribution is -2.72. The number of thiophene rings is 1. The molecular formula is C21H28IN3O2S. The number of aliphatic imine (C=N–C) groups is 1. The predicted octanol–water partition coefficient (Wildman–Crippen LogP) is 4.19. The van der Waals surface area contributed by atoms with Crippen molar-refractivity contribution in [2.45, 2.75) is 50.8 Å². The van der Waals surface area contributed by atoms with Gasteiger partial charge in [-0.15, -0.1) is 35.3 Å². The van der Waals surface area contributed by atoms with Crippen LogP contribution >= 0.6 is 35.3 Å². The van der Waals surface area contributed by atoms with E-state index in [1.165, 1.54) is 30.6 Å². The highest BCUT2D eigenvalue weighted by molar-refractivity contribution is 14.0. The molecule has 7 heteroatoms. The van der Waals surface area contributed by atoms with Gasteiger partial charge in [-0.05, 0) is 42.8 Å². The fourth-order valence-electron chi connectivity index (χ4n) is 5.07. The number of fused-ring (bicyclic) bond motifs is 2. The van der Waals surface area contributed by atoms with Gasteiger partial charge in [-0.2, -0.15) is 0 Å². The number of furan rings is 1. The molecule has 5 rings (SSSR count). The van der Waals surface area contributed by atoms with Gasteiger partial charge in [0.2, 0.25) is 0 Å². The van der Waals surface area contributed by atoms with E-state index in [1.807, 2.05) is 12.1 Å². The Bertz CT molecular complexity index is 774. The van der Waals surface area contributed by atoms with Gasteiger partial charge in [0, 0.05) is 41.8 Å². The molecule has 2 saturated carbocycles. The molecule has 2 aromatic heterocycles. The van der Waals surface area contributed by atoms with Gasteiger partial charge < -0.3 is 19.8 Å². The van der Waals surface area contributed by atoms with Crippen LogP contribution in [0.4, 0.5) is 0 Å². The van der Waals surface area contributed by atoms with Crippen LogP contribution in [0.3, 0.4) is 0 Å². The second kappa shape index (κ2) is 8.75. The summed E-state index contributed by atoms with van der Waals surface area (Å²) in [6.45, 7) is 2.45. The normalized spacial score (nSPS) is 27.4.